The summed E-state index contributed by atoms with van der Waals surface area (Å²) in [7, 11) is 0. The number of thiophene rings is 1. The molecule has 0 saturated carbocycles. The van der Waals surface area contributed by atoms with Crippen LogP contribution in [0.3, 0.4) is 0 Å². The molecule has 0 N–H and O–H groups in total. The van der Waals surface area contributed by atoms with Crippen LogP contribution in [0, 0.1) is 0 Å². The Balaban J connectivity index is 2.43. The van der Waals surface area contributed by atoms with Crippen molar-refractivity contribution in [2.75, 3.05) is 18.4 Å². The molecule has 1 aromatic heterocycles. The summed E-state index contributed by atoms with van der Waals surface area (Å²) in [6.07, 6.45) is 3.71. The van der Waals surface area contributed by atoms with Gasteiger partial charge in [-0.3, -0.25) is 4.90 Å². The Morgan fingerprint density at radius 1 is 1.31 bits per heavy atom. The molecule has 0 saturated heterocycles. The van der Waals surface area contributed by atoms with E-state index in [1.165, 1.54) is 30.7 Å². The Morgan fingerprint density at radius 3 is 2.56 bits per heavy atom. The van der Waals surface area contributed by atoms with E-state index in [4.69, 9.17) is 0 Å². The average Bonchev–Trinajstić information content (AvgIpc) is 2.80. The molecule has 92 valence electrons. The lowest BCUT2D eigenvalue weighted by atomic mass is 10.1. The summed E-state index contributed by atoms with van der Waals surface area (Å²) in [6, 6.07) is 5.13. The number of nitrogens with zero attached hydrogens (tertiary/aromatic N) is 1. The smallest absolute Gasteiger partial charge is 0.0159 e. The van der Waals surface area contributed by atoms with Gasteiger partial charge in [0.25, 0.3) is 0 Å². The summed E-state index contributed by atoms with van der Waals surface area (Å²) in [5.41, 5.74) is 0. The van der Waals surface area contributed by atoms with Gasteiger partial charge in [0.2, 0.25) is 0 Å². The SMILES string of the molecule is CCC(CC)N(CCBr)CCc1cccs1. The lowest BCUT2D eigenvalue weighted by molar-refractivity contribution is 0.200. The largest absolute Gasteiger partial charge is 0.299 e. The van der Waals surface area contributed by atoms with Gasteiger partial charge in [-0.05, 0) is 30.7 Å². The summed E-state index contributed by atoms with van der Waals surface area (Å²) in [5.74, 6) is 0. The maximum atomic E-state index is 3.56. The van der Waals surface area contributed by atoms with Gasteiger partial charge in [0.1, 0.15) is 0 Å². The second-order valence-electron chi connectivity index (χ2n) is 4.02. The second-order valence-corrected chi connectivity index (χ2v) is 5.85. The van der Waals surface area contributed by atoms with Crippen LogP contribution < -0.4 is 0 Å². The minimum absolute atomic E-state index is 0.748. The van der Waals surface area contributed by atoms with Crippen molar-refractivity contribution in [2.24, 2.45) is 0 Å². The molecule has 1 heterocycles. The van der Waals surface area contributed by atoms with Crippen molar-refractivity contribution < 1.29 is 0 Å². The summed E-state index contributed by atoms with van der Waals surface area (Å²) in [4.78, 5) is 4.12. The molecular weight excluding hydrogens is 282 g/mol. The maximum Gasteiger partial charge on any atom is 0.0159 e. The van der Waals surface area contributed by atoms with E-state index >= 15 is 0 Å². The molecule has 0 aliphatic heterocycles. The number of rotatable bonds is 8. The van der Waals surface area contributed by atoms with E-state index in [0.29, 0.717) is 0 Å². The van der Waals surface area contributed by atoms with E-state index in [2.05, 4.69) is 52.2 Å². The van der Waals surface area contributed by atoms with Gasteiger partial charge in [0.15, 0.2) is 0 Å². The molecule has 0 aliphatic carbocycles. The number of hydrogen-bond acceptors (Lipinski definition) is 2. The molecule has 0 amide bonds. The van der Waals surface area contributed by atoms with Gasteiger partial charge in [-0.25, -0.2) is 0 Å². The van der Waals surface area contributed by atoms with Gasteiger partial charge in [0.05, 0.1) is 0 Å². The molecule has 1 rings (SSSR count). The zero-order chi connectivity index (χ0) is 11.8. The summed E-state index contributed by atoms with van der Waals surface area (Å²) in [5, 5.41) is 3.25. The van der Waals surface area contributed by atoms with Crippen LogP contribution in [0.15, 0.2) is 17.5 Å². The number of alkyl halides is 1. The van der Waals surface area contributed by atoms with Gasteiger partial charge in [0, 0.05) is 29.3 Å². The first kappa shape index (κ1) is 14.2. The minimum Gasteiger partial charge on any atom is -0.299 e. The van der Waals surface area contributed by atoms with Crippen LogP contribution in [0.2, 0.25) is 0 Å². The molecule has 0 aliphatic rings. The van der Waals surface area contributed by atoms with Crippen LogP contribution in [0.5, 0.6) is 0 Å². The first-order valence-electron chi connectivity index (χ1n) is 6.14. The van der Waals surface area contributed by atoms with Crippen LogP contribution >= 0.6 is 27.3 Å². The summed E-state index contributed by atoms with van der Waals surface area (Å²) < 4.78 is 0. The molecule has 0 bridgehead atoms. The lowest BCUT2D eigenvalue weighted by Gasteiger charge is -2.29. The minimum atomic E-state index is 0.748. The molecule has 1 aromatic rings. The van der Waals surface area contributed by atoms with Crippen LogP contribution in [-0.4, -0.2) is 29.4 Å². The molecule has 0 radical (unpaired) electrons. The molecule has 16 heavy (non-hydrogen) atoms. The highest BCUT2D eigenvalue weighted by atomic mass is 79.9. The van der Waals surface area contributed by atoms with Crippen molar-refractivity contribution in [1.82, 2.24) is 4.90 Å². The summed E-state index contributed by atoms with van der Waals surface area (Å²) >= 11 is 5.43. The number of halogens is 1. The van der Waals surface area contributed by atoms with Gasteiger partial charge in [-0.1, -0.05) is 35.8 Å². The predicted molar refractivity (Wildman–Crippen MR) is 77.8 cm³/mol. The van der Waals surface area contributed by atoms with Crippen molar-refractivity contribution in [3.8, 4) is 0 Å². The average molecular weight is 304 g/mol. The van der Waals surface area contributed by atoms with Gasteiger partial charge < -0.3 is 0 Å². The third kappa shape index (κ3) is 4.56. The van der Waals surface area contributed by atoms with Crippen LogP contribution in [0.4, 0.5) is 0 Å². The molecule has 1 nitrogen and oxygen atoms in total. The van der Waals surface area contributed by atoms with Crippen molar-refractivity contribution in [3.05, 3.63) is 22.4 Å². The summed E-state index contributed by atoms with van der Waals surface area (Å²) in [6.45, 7) is 6.94. The van der Waals surface area contributed by atoms with Gasteiger partial charge >= 0.3 is 0 Å². The monoisotopic (exact) mass is 303 g/mol. The maximum absolute atomic E-state index is 3.56. The fraction of sp³-hybridized carbons (Fsp3) is 0.692. The fourth-order valence-corrected chi connectivity index (χ4v) is 3.25. The lowest BCUT2D eigenvalue weighted by Crippen LogP contribution is -2.37. The number of hydrogen-bond donors (Lipinski definition) is 0. The zero-order valence-corrected chi connectivity index (χ0v) is 12.7. The van der Waals surface area contributed by atoms with Crippen molar-refractivity contribution in [3.63, 3.8) is 0 Å². The van der Waals surface area contributed by atoms with Crippen molar-refractivity contribution in [1.29, 1.82) is 0 Å². The standard InChI is InChI=1S/C13H22BrNS/c1-3-12(4-2)15(10-8-14)9-7-13-6-5-11-16-13/h5-6,11-12H,3-4,7-10H2,1-2H3. The van der Waals surface area contributed by atoms with E-state index in [1.54, 1.807) is 0 Å². The molecule has 0 unspecified atom stereocenters. The normalized spacial score (nSPS) is 11.6. The Kier molecular flexibility index (Phi) is 7.33. The Hall–Kier alpha value is 0.140. The van der Waals surface area contributed by atoms with E-state index < -0.39 is 0 Å². The van der Waals surface area contributed by atoms with E-state index in [0.717, 1.165) is 17.9 Å². The highest BCUT2D eigenvalue weighted by Gasteiger charge is 2.13. The first-order valence-corrected chi connectivity index (χ1v) is 8.14. The second kappa shape index (κ2) is 8.26. The molecular formula is C13H22BrNS. The Bertz CT molecular complexity index is 257. The molecule has 3 heteroatoms. The quantitative estimate of drug-likeness (QED) is 0.651. The predicted octanol–water partition coefficient (Wildman–Crippen LogP) is 4.18. The molecule has 0 aromatic carbocycles. The van der Waals surface area contributed by atoms with Gasteiger partial charge in [-0.2, -0.15) is 0 Å². The highest BCUT2D eigenvalue weighted by Crippen LogP contribution is 2.13. The Morgan fingerprint density at radius 2 is 2.06 bits per heavy atom. The third-order valence-corrected chi connectivity index (χ3v) is 4.35. The van der Waals surface area contributed by atoms with Crippen LogP contribution in [0.1, 0.15) is 31.6 Å². The van der Waals surface area contributed by atoms with Crippen molar-refractivity contribution in [2.45, 2.75) is 39.2 Å². The zero-order valence-electron chi connectivity index (χ0n) is 10.3. The molecule has 0 fully saturated rings. The van der Waals surface area contributed by atoms with Gasteiger partial charge in [-0.15, -0.1) is 11.3 Å². The topological polar surface area (TPSA) is 3.24 Å². The van der Waals surface area contributed by atoms with Crippen molar-refractivity contribution >= 4 is 27.3 Å². The highest BCUT2D eigenvalue weighted by molar-refractivity contribution is 9.09. The van der Waals surface area contributed by atoms with Crippen LogP contribution in [-0.2, 0) is 6.42 Å². The molecule has 0 atom stereocenters. The fourth-order valence-electron chi connectivity index (χ4n) is 2.10. The Labute approximate surface area is 112 Å². The first-order chi connectivity index (χ1) is 7.81. The third-order valence-electron chi connectivity index (χ3n) is 3.06. The van der Waals surface area contributed by atoms with E-state index in [1.807, 2.05) is 11.3 Å². The van der Waals surface area contributed by atoms with Crippen LogP contribution in [0.25, 0.3) is 0 Å². The van der Waals surface area contributed by atoms with E-state index in [9.17, 15) is 0 Å². The molecule has 0 spiro atoms. The van der Waals surface area contributed by atoms with E-state index in [-0.39, 0.29) is 0 Å².